The minimum atomic E-state index is -0.840. The summed E-state index contributed by atoms with van der Waals surface area (Å²) in [5.74, 6) is 1.29. The van der Waals surface area contributed by atoms with Gasteiger partial charge in [0, 0.05) is 13.1 Å². The molecule has 1 heterocycles. The summed E-state index contributed by atoms with van der Waals surface area (Å²) in [6.45, 7) is 1.59. The Morgan fingerprint density at radius 1 is 1.20 bits per heavy atom. The van der Waals surface area contributed by atoms with E-state index < -0.39 is 11.0 Å². The van der Waals surface area contributed by atoms with Crippen molar-refractivity contribution < 1.29 is 19.4 Å². The van der Waals surface area contributed by atoms with Crippen LogP contribution in [0, 0.1) is 0 Å². The van der Waals surface area contributed by atoms with Gasteiger partial charge in [0.05, 0.1) is 25.2 Å². The normalized spacial score (nSPS) is 24.9. The summed E-state index contributed by atoms with van der Waals surface area (Å²) >= 11 is 0. The summed E-state index contributed by atoms with van der Waals surface area (Å²) < 4.78 is 10.7. The fourth-order valence-corrected chi connectivity index (χ4v) is 4.05. The van der Waals surface area contributed by atoms with E-state index in [9.17, 15) is 9.90 Å². The number of β-amino-alcohol motifs (C(OH)–C–C–N with tert-alkyl or cyclic N) is 1. The largest absolute Gasteiger partial charge is 0.493 e. The molecule has 138 valence electrons. The number of hydrogen-bond donors (Lipinski definition) is 3. The van der Waals surface area contributed by atoms with E-state index in [1.165, 1.54) is 0 Å². The zero-order valence-electron chi connectivity index (χ0n) is 15.1. The van der Waals surface area contributed by atoms with Crippen molar-refractivity contribution in [2.24, 2.45) is 0 Å². The number of methoxy groups -OCH3 is 2. The molecule has 1 saturated carbocycles. The monoisotopic (exact) mass is 348 g/mol. The number of amides is 1. The second-order valence-corrected chi connectivity index (χ2v) is 7.19. The Labute approximate surface area is 148 Å². The summed E-state index contributed by atoms with van der Waals surface area (Å²) in [5, 5.41) is 16.6. The van der Waals surface area contributed by atoms with Crippen LogP contribution in [0.1, 0.15) is 37.7 Å². The fraction of sp³-hybridized carbons (Fsp3) is 0.632. The molecule has 25 heavy (non-hydrogen) atoms. The van der Waals surface area contributed by atoms with E-state index in [4.69, 9.17) is 9.47 Å². The first kappa shape index (κ1) is 18.0. The van der Waals surface area contributed by atoms with Gasteiger partial charge in [-0.3, -0.25) is 4.79 Å². The molecule has 2 aliphatic rings. The summed E-state index contributed by atoms with van der Waals surface area (Å²) in [7, 11) is 3.21. The summed E-state index contributed by atoms with van der Waals surface area (Å²) in [5.41, 5.74) is -0.439. The Morgan fingerprint density at radius 3 is 2.52 bits per heavy atom. The van der Waals surface area contributed by atoms with Gasteiger partial charge in [0.1, 0.15) is 0 Å². The van der Waals surface area contributed by atoms with Crippen molar-refractivity contribution in [3.05, 3.63) is 23.8 Å². The molecule has 3 N–H and O–H groups in total. The molecular weight excluding hydrogens is 320 g/mol. The first-order chi connectivity index (χ1) is 12.0. The maximum Gasteiger partial charge on any atom is 0.230 e. The third-order valence-electron chi connectivity index (χ3n) is 5.63. The molecule has 0 bridgehead atoms. The number of aliphatic hydroxyl groups is 1. The Hall–Kier alpha value is -1.79. The number of benzene rings is 1. The van der Waals surface area contributed by atoms with E-state index in [0.717, 1.165) is 37.8 Å². The molecule has 1 unspecified atom stereocenters. The van der Waals surface area contributed by atoms with Gasteiger partial charge in [0.2, 0.25) is 5.91 Å². The van der Waals surface area contributed by atoms with Crippen molar-refractivity contribution in [3.63, 3.8) is 0 Å². The maximum absolute atomic E-state index is 13.1. The molecule has 0 spiro atoms. The van der Waals surface area contributed by atoms with Crippen molar-refractivity contribution in [1.29, 1.82) is 0 Å². The highest BCUT2D eigenvalue weighted by Crippen LogP contribution is 2.44. The van der Waals surface area contributed by atoms with Crippen molar-refractivity contribution in [2.75, 3.05) is 33.9 Å². The van der Waals surface area contributed by atoms with Gasteiger partial charge in [-0.05, 0) is 43.5 Å². The minimum Gasteiger partial charge on any atom is -0.493 e. The van der Waals surface area contributed by atoms with Crippen LogP contribution in [0.4, 0.5) is 0 Å². The van der Waals surface area contributed by atoms with Crippen LogP contribution in [0.3, 0.4) is 0 Å². The van der Waals surface area contributed by atoms with Gasteiger partial charge in [-0.2, -0.15) is 0 Å². The van der Waals surface area contributed by atoms with E-state index in [1.807, 2.05) is 18.2 Å². The first-order valence-electron chi connectivity index (χ1n) is 8.97. The maximum atomic E-state index is 13.1. The van der Waals surface area contributed by atoms with Gasteiger partial charge in [-0.25, -0.2) is 0 Å². The third-order valence-corrected chi connectivity index (χ3v) is 5.63. The molecule has 2 fully saturated rings. The number of carbonyl (C=O) groups is 1. The molecule has 1 aromatic rings. The number of rotatable bonds is 6. The molecule has 0 aromatic heterocycles. The highest BCUT2D eigenvalue weighted by atomic mass is 16.5. The highest BCUT2D eigenvalue weighted by molar-refractivity contribution is 5.89. The lowest BCUT2D eigenvalue weighted by Gasteiger charge is -2.31. The van der Waals surface area contributed by atoms with Gasteiger partial charge in [-0.1, -0.05) is 18.9 Å². The SMILES string of the molecule is COc1ccc(C2(C(=O)NCC3(O)CCNC3)CCCC2)cc1OC. The molecule has 6 heteroatoms. The van der Waals surface area contributed by atoms with Gasteiger partial charge >= 0.3 is 0 Å². The van der Waals surface area contributed by atoms with E-state index >= 15 is 0 Å². The lowest BCUT2D eigenvalue weighted by atomic mass is 9.77. The zero-order chi connectivity index (χ0) is 17.9. The summed E-state index contributed by atoms with van der Waals surface area (Å²) in [4.78, 5) is 13.1. The molecule has 1 aromatic carbocycles. The number of nitrogens with one attached hydrogen (secondary N) is 2. The van der Waals surface area contributed by atoms with Gasteiger partial charge < -0.3 is 25.2 Å². The van der Waals surface area contributed by atoms with E-state index in [2.05, 4.69) is 10.6 Å². The van der Waals surface area contributed by atoms with Crippen LogP contribution in [-0.2, 0) is 10.2 Å². The van der Waals surface area contributed by atoms with Crippen molar-refractivity contribution >= 4 is 5.91 Å². The van der Waals surface area contributed by atoms with Gasteiger partial charge in [0.25, 0.3) is 0 Å². The third kappa shape index (κ3) is 3.46. The average molecular weight is 348 g/mol. The van der Waals surface area contributed by atoms with Crippen LogP contribution in [0.15, 0.2) is 18.2 Å². The number of ether oxygens (including phenoxy) is 2. The van der Waals surface area contributed by atoms with Gasteiger partial charge in [0.15, 0.2) is 11.5 Å². The summed E-state index contributed by atoms with van der Waals surface area (Å²) in [6.07, 6.45) is 4.33. The molecule has 1 saturated heterocycles. The molecule has 0 radical (unpaired) electrons. The van der Waals surface area contributed by atoms with Crippen LogP contribution < -0.4 is 20.1 Å². The van der Waals surface area contributed by atoms with Crippen molar-refractivity contribution in [1.82, 2.24) is 10.6 Å². The predicted octanol–water partition coefficient (Wildman–Crippen LogP) is 1.36. The van der Waals surface area contributed by atoms with Crippen molar-refractivity contribution in [2.45, 2.75) is 43.1 Å². The Morgan fingerprint density at radius 2 is 1.92 bits per heavy atom. The molecule has 1 aliphatic carbocycles. The number of carbonyl (C=O) groups excluding carboxylic acids is 1. The van der Waals surface area contributed by atoms with Crippen LogP contribution >= 0.6 is 0 Å². The molecular formula is C19H28N2O4. The van der Waals surface area contributed by atoms with Crippen LogP contribution in [0.5, 0.6) is 11.5 Å². The number of hydrogen-bond acceptors (Lipinski definition) is 5. The van der Waals surface area contributed by atoms with E-state index in [1.54, 1.807) is 14.2 Å². The van der Waals surface area contributed by atoms with Crippen LogP contribution in [0.25, 0.3) is 0 Å². The second kappa shape index (κ2) is 7.22. The lowest BCUT2D eigenvalue weighted by molar-refractivity contribution is -0.127. The standard InChI is InChI=1S/C19H28N2O4/c1-24-15-6-5-14(11-16(15)25-2)19(7-3-4-8-19)17(22)21-13-18(23)9-10-20-12-18/h5-6,11,20,23H,3-4,7-10,12-13H2,1-2H3,(H,21,22). The molecule has 3 rings (SSSR count). The van der Waals surface area contributed by atoms with Gasteiger partial charge in [-0.15, -0.1) is 0 Å². The Bertz CT molecular complexity index is 620. The van der Waals surface area contributed by atoms with Crippen LogP contribution in [-0.4, -0.2) is 50.5 Å². The molecule has 1 aliphatic heterocycles. The Balaban J connectivity index is 1.82. The topological polar surface area (TPSA) is 79.8 Å². The van der Waals surface area contributed by atoms with Crippen molar-refractivity contribution in [3.8, 4) is 11.5 Å². The average Bonchev–Trinajstić information content (AvgIpc) is 3.29. The van der Waals surface area contributed by atoms with Crippen LogP contribution in [0.2, 0.25) is 0 Å². The minimum absolute atomic E-state index is 0.00227. The predicted molar refractivity (Wildman–Crippen MR) is 95.1 cm³/mol. The molecule has 6 nitrogen and oxygen atoms in total. The summed E-state index contributed by atoms with van der Waals surface area (Å²) in [6, 6.07) is 5.73. The fourth-order valence-electron chi connectivity index (χ4n) is 4.05. The molecule has 1 amide bonds. The zero-order valence-corrected chi connectivity index (χ0v) is 15.1. The smallest absolute Gasteiger partial charge is 0.230 e. The van der Waals surface area contributed by atoms with E-state index in [-0.39, 0.29) is 12.5 Å². The lowest BCUT2D eigenvalue weighted by Crippen LogP contribution is -2.50. The second-order valence-electron chi connectivity index (χ2n) is 7.19. The molecule has 1 atom stereocenters. The highest BCUT2D eigenvalue weighted by Gasteiger charge is 2.44. The van der Waals surface area contributed by atoms with E-state index in [0.29, 0.717) is 24.5 Å². The Kier molecular flexibility index (Phi) is 5.20. The first-order valence-corrected chi connectivity index (χ1v) is 8.97. The quantitative estimate of drug-likeness (QED) is 0.723.